The largest absolute Gasteiger partial charge is 0.361 e. The molecule has 22 heavy (non-hydrogen) atoms. The molecule has 0 N–H and O–H groups in total. The average Bonchev–Trinajstić information content (AvgIpc) is 2.58. The predicted molar refractivity (Wildman–Crippen MR) is 78.3 cm³/mol. The van der Waals surface area contributed by atoms with Gasteiger partial charge < -0.3 is 5.53 Å². The Bertz CT molecular complexity index is 926. The highest BCUT2D eigenvalue weighted by atomic mass is 16.1. The molecule has 0 saturated carbocycles. The van der Waals surface area contributed by atoms with Crippen LogP contribution >= 0.6 is 0 Å². The van der Waals surface area contributed by atoms with E-state index in [9.17, 15) is 15.3 Å². The van der Waals surface area contributed by atoms with Crippen molar-refractivity contribution in [2.45, 2.75) is 6.42 Å². The van der Waals surface area contributed by atoms with E-state index in [-0.39, 0.29) is 22.6 Å². The lowest BCUT2D eigenvalue weighted by molar-refractivity contribution is -0.00640. The van der Waals surface area contributed by atoms with Crippen molar-refractivity contribution in [3.8, 4) is 12.1 Å². The molecule has 2 aliphatic rings. The zero-order valence-electron chi connectivity index (χ0n) is 11.4. The molecule has 1 aromatic carbocycles. The quantitative estimate of drug-likeness (QED) is 0.415. The molecule has 5 heteroatoms. The molecule has 0 amide bonds. The van der Waals surface area contributed by atoms with E-state index in [2.05, 4.69) is 4.79 Å². The predicted octanol–water partition coefficient (Wildman–Crippen LogP) is 2.61. The molecule has 5 nitrogen and oxygen atoms in total. The topological polar surface area (TPSA) is 101 Å². The number of Topliss-reactive ketones (excluding diaryl/α,β-unsaturated/α-hetero) is 1. The van der Waals surface area contributed by atoms with Gasteiger partial charge in [-0.15, -0.1) is 0 Å². The molecular weight excluding hydrogens is 276 g/mol. The van der Waals surface area contributed by atoms with Crippen LogP contribution in [-0.2, 0) is 0 Å². The molecule has 0 spiro atoms. The Morgan fingerprint density at radius 1 is 1.18 bits per heavy atom. The van der Waals surface area contributed by atoms with Crippen molar-refractivity contribution in [3.63, 3.8) is 0 Å². The molecule has 102 valence electrons. The van der Waals surface area contributed by atoms with Crippen molar-refractivity contribution in [1.82, 2.24) is 0 Å². The second kappa shape index (κ2) is 5.10. The Balaban J connectivity index is 2.49. The number of nitriles is 2. The number of nitrogens with zero attached hydrogens (tertiary/aromatic N) is 4. The van der Waals surface area contributed by atoms with Gasteiger partial charge in [0, 0.05) is 16.7 Å². The number of hydrogen-bond donors (Lipinski definition) is 0. The number of ketones is 1. The summed E-state index contributed by atoms with van der Waals surface area (Å²) in [6.07, 6.45) is 3.76. The zero-order valence-corrected chi connectivity index (χ0v) is 11.4. The first-order valence-electron chi connectivity index (χ1n) is 6.54. The maximum absolute atomic E-state index is 12.7. The Hall–Kier alpha value is -3.53. The molecule has 0 radical (unpaired) electrons. The smallest absolute Gasteiger partial charge is 0.307 e. The molecular formula is C17H8N4O. The van der Waals surface area contributed by atoms with Crippen molar-refractivity contribution in [1.29, 1.82) is 10.5 Å². The van der Waals surface area contributed by atoms with Crippen molar-refractivity contribution in [2.75, 3.05) is 0 Å². The Morgan fingerprint density at radius 2 is 1.86 bits per heavy atom. The summed E-state index contributed by atoms with van der Waals surface area (Å²) in [4.78, 5) is 15.9. The fraction of sp³-hybridized carbons (Fsp3) is 0.0588. The van der Waals surface area contributed by atoms with Crippen LogP contribution in [0.25, 0.3) is 11.1 Å². The SMILES string of the molecule is N#CC(C#N)=C1C2=C(C(=O)c3ccccc31)C(=[N+]=[N-])CC=C2. The second-order valence-electron chi connectivity index (χ2n) is 4.79. The molecule has 0 unspecified atom stereocenters. The van der Waals surface area contributed by atoms with Crippen LogP contribution in [0.5, 0.6) is 0 Å². The number of fused-ring (bicyclic) bond motifs is 1. The lowest BCUT2D eigenvalue weighted by Gasteiger charge is -2.23. The van der Waals surface area contributed by atoms with Gasteiger partial charge in [-0.05, 0) is 5.56 Å². The van der Waals surface area contributed by atoms with Gasteiger partial charge in [-0.1, -0.05) is 36.4 Å². The van der Waals surface area contributed by atoms with Gasteiger partial charge in [0.15, 0.2) is 0 Å². The van der Waals surface area contributed by atoms with Crippen molar-refractivity contribution < 1.29 is 9.58 Å². The fourth-order valence-corrected chi connectivity index (χ4v) is 2.77. The third kappa shape index (κ3) is 1.75. The lowest BCUT2D eigenvalue weighted by atomic mass is 9.75. The second-order valence-corrected chi connectivity index (χ2v) is 4.79. The molecule has 0 aromatic heterocycles. The maximum atomic E-state index is 12.7. The number of benzene rings is 1. The van der Waals surface area contributed by atoms with Gasteiger partial charge in [0.05, 0.1) is 6.42 Å². The highest BCUT2D eigenvalue weighted by Gasteiger charge is 2.37. The molecule has 0 heterocycles. The van der Waals surface area contributed by atoms with E-state index in [1.807, 2.05) is 12.1 Å². The number of carbonyl (C=O) groups excluding carboxylic acids is 1. The van der Waals surface area contributed by atoms with E-state index in [1.165, 1.54) is 0 Å². The first kappa shape index (κ1) is 13.5. The van der Waals surface area contributed by atoms with Crippen molar-refractivity contribution >= 4 is 17.1 Å². The summed E-state index contributed by atoms with van der Waals surface area (Å²) >= 11 is 0. The van der Waals surface area contributed by atoms with E-state index in [0.717, 1.165) is 0 Å². The first-order valence-corrected chi connectivity index (χ1v) is 6.54. The average molecular weight is 284 g/mol. The summed E-state index contributed by atoms with van der Waals surface area (Å²) < 4.78 is 0. The number of rotatable bonds is 0. The summed E-state index contributed by atoms with van der Waals surface area (Å²) in [5, 5.41) is 18.5. The van der Waals surface area contributed by atoms with Crippen LogP contribution in [0.2, 0.25) is 0 Å². The molecule has 0 aliphatic heterocycles. The van der Waals surface area contributed by atoms with Gasteiger partial charge in [0.2, 0.25) is 5.78 Å². The third-order valence-electron chi connectivity index (χ3n) is 3.69. The third-order valence-corrected chi connectivity index (χ3v) is 3.69. The summed E-state index contributed by atoms with van der Waals surface area (Å²) in [5.74, 6) is -0.262. The lowest BCUT2D eigenvalue weighted by Crippen LogP contribution is -2.24. The van der Waals surface area contributed by atoms with E-state index in [4.69, 9.17) is 5.53 Å². The highest BCUT2D eigenvalue weighted by molar-refractivity contribution is 6.33. The van der Waals surface area contributed by atoms with E-state index < -0.39 is 0 Å². The molecule has 2 aliphatic carbocycles. The Morgan fingerprint density at radius 3 is 2.50 bits per heavy atom. The molecule has 1 aromatic rings. The van der Waals surface area contributed by atoms with Gasteiger partial charge in [-0.3, -0.25) is 4.79 Å². The summed E-state index contributed by atoms with van der Waals surface area (Å²) in [6, 6.07) is 10.6. The van der Waals surface area contributed by atoms with Gasteiger partial charge in [-0.2, -0.15) is 15.3 Å². The fourth-order valence-electron chi connectivity index (χ4n) is 2.77. The van der Waals surface area contributed by atoms with E-state index >= 15 is 0 Å². The van der Waals surface area contributed by atoms with Crippen LogP contribution in [-0.4, -0.2) is 16.3 Å². The van der Waals surface area contributed by atoms with Crippen molar-refractivity contribution in [3.05, 3.63) is 69.8 Å². The van der Waals surface area contributed by atoms with Gasteiger partial charge in [0.1, 0.15) is 23.3 Å². The van der Waals surface area contributed by atoms with Crippen LogP contribution in [0, 0.1) is 22.7 Å². The van der Waals surface area contributed by atoms with Gasteiger partial charge in [0.25, 0.3) is 0 Å². The molecule has 0 bridgehead atoms. The molecule has 0 saturated heterocycles. The van der Waals surface area contributed by atoms with E-state index in [1.54, 1.807) is 36.4 Å². The molecule has 3 rings (SSSR count). The van der Waals surface area contributed by atoms with Crippen LogP contribution in [0.15, 0.2) is 53.1 Å². The number of hydrogen-bond acceptors (Lipinski definition) is 3. The normalized spacial score (nSPS) is 15.5. The van der Waals surface area contributed by atoms with Gasteiger partial charge >= 0.3 is 5.71 Å². The molecule has 0 fully saturated rings. The summed E-state index contributed by atoms with van der Waals surface area (Å²) in [7, 11) is 0. The first-order chi connectivity index (χ1) is 10.7. The minimum Gasteiger partial charge on any atom is -0.361 e. The van der Waals surface area contributed by atoms with Crippen LogP contribution < -0.4 is 0 Å². The standard InChI is InChI=1S/C17H8N4O/c18-8-10(9-19)15-11-4-1-2-5-12(11)17(22)16-13(15)6-3-7-14(16)21-20/h1-6H,7H2. The van der Waals surface area contributed by atoms with E-state index in [0.29, 0.717) is 28.7 Å². The maximum Gasteiger partial charge on any atom is 0.307 e. The highest BCUT2D eigenvalue weighted by Crippen LogP contribution is 2.40. The van der Waals surface area contributed by atoms with Crippen LogP contribution in [0.1, 0.15) is 22.3 Å². The monoisotopic (exact) mass is 284 g/mol. The number of carbonyl (C=O) groups is 1. The molecule has 0 atom stereocenters. The van der Waals surface area contributed by atoms with Crippen LogP contribution in [0.3, 0.4) is 0 Å². The van der Waals surface area contributed by atoms with Gasteiger partial charge in [-0.25, -0.2) is 0 Å². The summed E-state index contributed by atoms with van der Waals surface area (Å²) in [6.45, 7) is 0. The van der Waals surface area contributed by atoms with Crippen LogP contribution in [0.4, 0.5) is 0 Å². The Kier molecular flexibility index (Phi) is 3.12. The zero-order chi connectivity index (χ0) is 15.7. The number of allylic oxidation sites excluding steroid dienone is 6. The minimum absolute atomic E-state index is 0.0729. The minimum atomic E-state index is -0.262. The Labute approximate surface area is 126 Å². The summed E-state index contributed by atoms with van der Waals surface area (Å²) in [5.41, 5.74) is 11.4. The van der Waals surface area contributed by atoms with Crippen molar-refractivity contribution in [2.24, 2.45) is 0 Å².